The van der Waals surface area contributed by atoms with Gasteiger partial charge in [-0.25, -0.2) is 4.79 Å². The highest BCUT2D eigenvalue weighted by atomic mass is 16.5. The molecule has 1 aliphatic rings. The maximum Gasteiger partial charge on any atom is 0.315 e. The summed E-state index contributed by atoms with van der Waals surface area (Å²) >= 11 is 0. The molecule has 0 bridgehead atoms. The summed E-state index contributed by atoms with van der Waals surface area (Å²) in [6.45, 7) is 3.95. The molecule has 1 aliphatic heterocycles. The minimum absolute atomic E-state index is 0.133. The monoisotopic (exact) mass is 248 g/mol. The zero-order chi connectivity index (χ0) is 12.8. The van der Waals surface area contributed by atoms with Crippen LogP contribution >= 0.6 is 0 Å². The van der Waals surface area contributed by atoms with Crippen molar-refractivity contribution < 1.29 is 9.53 Å². The van der Waals surface area contributed by atoms with Gasteiger partial charge in [-0.15, -0.1) is 0 Å². The van der Waals surface area contributed by atoms with Crippen LogP contribution < -0.4 is 10.6 Å². The Balaban J connectivity index is 1.78. The van der Waals surface area contributed by atoms with E-state index < -0.39 is 0 Å². The number of hydrogen-bond acceptors (Lipinski definition) is 2. The second-order valence-electron chi connectivity index (χ2n) is 5.01. The smallest absolute Gasteiger partial charge is 0.315 e. The minimum Gasteiger partial charge on any atom is -0.379 e. The Morgan fingerprint density at radius 3 is 2.83 bits per heavy atom. The molecule has 98 valence electrons. The molecule has 0 radical (unpaired) electrons. The SMILES string of the molecule is CC1(NC(=O)NCc2ccccc2)CCCOC1. The standard InChI is InChI=1S/C14H20N2O2/c1-14(8-5-9-18-11-14)16-13(17)15-10-12-6-3-2-4-7-12/h2-4,6-7H,5,8-11H2,1H3,(H2,15,16,17). The zero-order valence-electron chi connectivity index (χ0n) is 10.7. The Hall–Kier alpha value is -1.55. The number of carbonyl (C=O) groups is 1. The molecule has 0 spiro atoms. The highest BCUT2D eigenvalue weighted by molar-refractivity contribution is 5.74. The Labute approximate surface area is 108 Å². The van der Waals surface area contributed by atoms with E-state index in [-0.39, 0.29) is 11.6 Å². The van der Waals surface area contributed by atoms with Gasteiger partial charge in [0.2, 0.25) is 0 Å². The largest absolute Gasteiger partial charge is 0.379 e. The topological polar surface area (TPSA) is 50.4 Å². The van der Waals surface area contributed by atoms with Crippen LogP contribution in [-0.4, -0.2) is 24.8 Å². The van der Waals surface area contributed by atoms with Crippen LogP contribution in [-0.2, 0) is 11.3 Å². The zero-order valence-corrected chi connectivity index (χ0v) is 10.7. The molecule has 18 heavy (non-hydrogen) atoms. The second kappa shape index (κ2) is 5.87. The summed E-state index contributed by atoms with van der Waals surface area (Å²) in [6, 6.07) is 9.74. The summed E-state index contributed by atoms with van der Waals surface area (Å²) in [5.41, 5.74) is 0.858. The van der Waals surface area contributed by atoms with Crippen molar-refractivity contribution in [3.8, 4) is 0 Å². The first-order valence-electron chi connectivity index (χ1n) is 6.36. The molecule has 2 amide bonds. The highest BCUT2D eigenvalue weighted by Gasteiger charge is 2.29. The number of hydrogen-bond donors (Lipinski definition) is 2. The molecule has 1 atom stereocenters. The van der Waals surface area contributed by atoms with Gasteiger partial charge < -0.3 is 15.4 Å². The first kappa shape index (κ1) is 12.9. The summed E-state index contributed by atoms with van der Waals surface area (Å²) < 4.78 is 5.41. The van der Waals surface area contributed by atoms with Crippen molar-refractivity contribution in [2.24, 2.45) is 0 Å². The summed E-state index contributed by atoms with van der Waals surface area (Å²) in [5.74, 6) is 0. The van der Waals surface area contributed by atoms with Crippen LogP contribution in [0.3, 0.4) is 0 Å². The van der Waals surface area contributed by atoms with Crippen LogP contribution in [0.25, 0.3) is 0 Å². The number of amides is 2. The first-order valence-corrected chi connectivity index (χ1v) is 6.36. The van der Waals surface area contributed by atoms with Crippen molar-refractivity contribution in [1.29, 1.82) is 0 Å². The Morgan fingerprint density at radius 2 is 2.17 bits per heavy atom. The minimum atomic E-state index is -0.237. The lowest BCUT2D eigenvalue weighted by molar-refractivity contribution is 0.0333. The Bertz CT molecular complexity index is 386. The van der Waals surface area contributed by atoms with Gasteiger partial charge in [0.25, 0.3) is 0 Å². The molecular weight excluding hydrogens is 228 g/mol. The third kappa shape index (κ3) is 3.74. The maximum atomic E-state index is 11.8. The van der Waals surface area contributed by atoms with Crippen molar-refractivity contribution in [2.75, 3.05) is 13.2 Å². The van der Waals surface area contributed by atoms with E-state index in [1.54, 1.807) is 0 Å². The molecule has 1 aromatic carbocycles. The van der Waals surface area contributed by atoms with Gasteiger partial charge in [0, 0.05) is 13.2 Å². The van der Waals surface area contributed by atoms with Gasteiger partial charge in [-0.2, -0.15) is 0 Å². The van der Waals surface area contributed by atoms with Crippen LogP contribution in [0.1, 0.15) is 25.3 Å². The van der Waals surface area contributed by atoms with Crippen molar-refractivity contribution in [1.82, 2.24) is 10.6 Å². The third-order valence-electron chi connectivity index (χ3n) is 3.15. The molecule has 1 saturated heterocycles. The van der Waals surface area contributed by atoms with Gasteiger partial charge in [0.1, 0.15) is 0 Å². The Kier molecular flexibility index (Phi) is 4.20. The van der Waals surface area contributed by atoms with Gasteiger partial charge in [0.05, 0.1) is 12.1 Å². The summed E-state index contributed by atoms with van der Waals surface area (Å²) in [5, 5.41) is 5.86. The number of rotatable bonds is 3. The molecule has 2 N–H and O–H groups in total. The van der Waals surface area contributed by atoms with E-state index in [1.165, 1.54) is 0 Å². The van der Waals surface area contributed by atoms with Crippen LogP contribution in [0, 0.1) is 0 Å². The number of nitrogens with one attached hydrogen (secondary N) is 2. The Morgan fingerprint density at radius 1 is 1.39 bits per heavy atom. The van der Waals surface area contributed by atoms with E-state index in [0.29, 0.717) is 13.2 Å². The lowest BCUT2D eigenvalue weighted by Crippen LogP contribution is -2.54. The van der Waals surface area contributed by atoms with Crippen LogP contribution in [0.15, 0.2) is 30.3 Å². The molecular formula is C14H20N2O2. The van der Waals surface area contributed by atoms with Crippen LogP contribution in [0.2, 0.25) is 0 Å². The van der Waals surface area contributed by atoms with E-state index in [4.69, 9.17) is 4.74 Å². The number of urea groups is 1. The number of benzene rings is 1. The normalized spacial score (nSPS) is 23.4. The average molecular weight is 248 g/mol. The lowest BCUT2D eigenvalue weighted by atomic mass is 9.95. The van der Waals surface area contributed by atoms with E-state index in [2.05, 4.69) is 10.6 Å². The first-order chi connectivity index (χ1) is 8.68. The molecule has 0 saturated carbocycles. The third-order valence-corrected chi connectivity index (χ3v) is 3.15. The van der Waals surface area contributed by atoms with Crippen LogP contribution in [0.5, 0.6) is 0 Å². The van der Waals surface area contributed by atoms with E-state index in [0.717, 1.165) is 25.0 Å². The molecule has 1 fully saturated rings. The molecule has 1 aromatic rings. The van der Waals surface area contributed by atoms with E-state index in [1.807, 2.05) is 37.3 Å². The van der Waals surface area contributed by atoms with Gasteiger partial charge in [-0.05, 0) is 25.3 Å². The molecule has 4 nitrogen and oxygen atoms in total. The predicted octanol–water partition coefficient (Wildman–Crippen LogP) is 2.05. The van der Waals surface area contributed by atoms with E-state index in [9.17, 15) is 4.79 Å². The molecule has 4 heteroatoms. The molecule has 0 aromatic heterocycles. The van der Waals surface area contributed by atoms with Crippen molar-refractivity contribution >= 4 is 6.03 Å². The predicted molar refractivity (Wildman–Crippen MR) is 70.3 cm³/mol. The van der Waals surface area contributed by atoms with Crippen molar-refractivity contribution in [3.63, 3.8) is 0 Å². The van der Waals surface area contributed by atoms with Gasteiger partial charge in [-0.3, -0.25) is 0 Å². The number of carbonyl (C=O) groups excluding carboxylic acids is 1. The fraction of sp³-hybridized carbons (Fsp3) is 0.500. The maximum absolute atomic E-state index is 11.8. The van der Waals surface area contributed by atoms with Gasteiger partial charge in [-0.1, -0.05) is 30.3 Å². The molecule has 1 heterocycles. The lowest BCUT2D eigenvalue weighted by Gasteiger charge is -2.34. The summed E-state index contributed by atoms with van der Waals surface area (Å²) in [6.07, 6.45) is 1.96. The van der Waals surface area contributed by atoms with Crippen molar-refractivity contribution in [3.05, 3.63) is 35.9 Å². The molecule has 0 aliphatic carbocycles. The van der Waals surface area contributed by atoms with Crippen molar-refractivity contribution in [2.45, 2.75) is 31.8 Å². The fourth-order valence-corrected chi connectivity index (χ4v) is 2.13. The van der Waals surface area contributed by atoms with Gasteiger partial charge in [0.15, 0.2) is 0 Å². The quantitative estimate of drug-likeness (QED) is 0.860. The molecule has 1 unspecified atom stereocenters. The average Bonchev–Trinajstić information content (AvgIpc) is 2.38. The fourth-order valence-electron chi connectivity index (χ4n) is 2.13. The van der Waals surface area contributed by atoms with Gasteiger partial charge >= 0.3 is 6.03 Å². The highest BCUT2D eigenvalue weighted by Crippen LogP contribution is 2.17. The summed E-state index contributed by atoms with van der Waals surface area (Å²) in [4.78, 5) is 11.8. The second-order valence-corrected chi connectivity index (χ2v) is 5.01. The van der Waals surface area contributed by atoms with E-state index >= 15 is 0 Å². The van der Waals surface area contributed by atoms with Crippen LogP contribution in [0.4, 0.5) is 4.79 Å². The number of ether oxygens (including phenoxy) is 1. The molecule has 2 rings (SSSR count). The summed E-state index contributed by atoms with van der Waals surface area (Å²) in [7, 11) is 0.